The Morgan fingerprint density at radius 2 is 1.63 bits per heavy atom. The number of ether oxygens (including phenoxy) is 1. The van der Waals surface area contributed by atoms with Gasteiger partial charge in [0.2, 0.25) is 0 Å². The first-order valence-electron chi connectivity index (χ1n) is 6.13. The predicted octanol–water partition coefficient (Wildman–Crippen LogP) is 2.59. The van der Waals surface area contributed by atoms with E-state index in [9.17, 15) is 9.59 Å². The van der Waals surface area contributed by atoms with Crippen LogP contribution in [0.5, 0.6) is 0 Å². The number of carboxylic acids is 1. The Labute approximate surface area is 116 Å². The number of hydrogen-bond acceptors (Lipinski definition) is 4. The molecule has 0 saturated heterocycles. The molecule has 0 amide bonds. The monoisotopic (exact) mass is 275 g/mol. The zero-order chi connectivity index (χ0) is 14.6. The van der Waals surface area contributed by atoms with E-state index in [0.717, 1.165) is 0 Å². The molecular formula is C14H29NO4. The molecule has 1 atom stereocenters. The number of hydrogen-bond donors (Lipinski definition) is 2. The molecule has 114 valence electrons. The fourth-order valence-corrected chi connectivity index (χ4v) is 1.41. The number of carboxylic acid groups (broad SMARTS) is 1. The van der Waals surface area contributed by atoms with Gasteiger partial charge in [-0.3, -0.25) is 14.9 Å². The minimum atomic E-state index is -0.917. The van der Waals surface area contributed by atoms with Gasteiger partial charge in [0.05, 0.1) is 0 Å². The summed E-state index contributed by atoms with van der Waals surface area (Å²) in [5.74, 6) is -1.32. The third-order valence-electron chi connectivity index (χ3n) is 1.95. The Morgan fingerprint density at radius 3 is 1.95 bits per heavy atom. The molecule has 5 nitrogen and oxygen atoms in total. The number of nitrogens with one attached hydrogen (secondary N) is 1. The number of rotatable bonds is 5. The maximum atomic E-state index is 12.0. The zero-order valence-corrected chi connectivity index (χ0v) is 12.2. The second-order valence-corrected chi connectivity index (χ2v) is 6.41. The summed E-state index contributed by atoms with van der Waals surface area (Å²) >= 11 is 0. The first-order valence-corrected chi connectivity index (χ1v) is 6.13. The summed E-state index contributed by atoms with van der Waals surface area (Å²) < 4.78 is 5.28. The van der Waals surface area contributed by atoms with Crippen LogP contribution in [0.2, 0.25) is 0 Å². The molecule has 1 unspecified atom stereocenters. The van der Waals surface area contributed by atoms with E-state index in [0.29, 0.717) is 0 Å². The minimum Gasteiger partial charge on any atom is -0.481 e. The lowest BCUT2D eigenvalue weighted by molar-refractivity contribution is -0.158. The van der Waals surface area contributed by atoms with E-state index in [2.05, 4.69) is 5.32 Å². The van der Waals surface area contributed by atoms with Gasteiger partial charge >= 0.3 is 11.9 Å². The summed E-state index contributed by atoms with van der Waals surface area (Å²) in [5.41, 5.74) is -0.849. The third kappa shape index (κ3) is 11.7. The maximum Gasteiger partial charge on any atom is 0.323 e. The molecular weight excluding hydrogens is 246 g/mol. The average Bonchev–Trinajstić information content (AvgIpc) is 2.06. The molecule has 0 saturated carbocycles. The van der Waals surface area contributed by atoms with Crippen LogP contribution in [0.4, 0.5) is 0 Å². The molecule has 0 radical (unpaired) electrons. The zero-order valence-electron chi connectivity index (χ0n) is 12.2. The molecule has 0 heterocycles. The van der Waals surface area contributed by atoms with Crippen molar-refractivity contribution in [1.82, 2.24) is 5.32 Å². The normalized spacial score (nSPS) is 13.4. The van der Waals surface area contributed by atoms with Crippen molar-refractivity contribution in [2.24, 2.45) is 0 Å². The summed E-state index contributed by atoms with van der Waals surface area (Å²) in [4.78, 5) is 22.6. The van der Waals surface area contributed by atoms with Crippen molar-refractivity contribution in [3.05, 3.63) is 0 Å². The number of esters is 1. The van der Waals surface area contributed by atoms with E-state index < -0.39 is 23.6 Å². The van der Waals surface area contributed by atoms with Gasteiger partial charge in [-0.25, -0.2) is 0 Å². The Bertz CT molecular complexity index is 300. The molecule has 0 aromatic carbocycles. The van der Waals surface area contributed by atoms with Crippen molar-refractivity contribution >= 4 is 11.9 Å². The summed E-state index contributed by atoms with van der Waals surface area (Å²) in [6.45, 7) is 11.1. The molecule has 5 heteroatoms. The highest BCUT2D eigenvalue weighted by molar-refractivity contribution is 5.77. The van der Waals surface area contributed by atoms with Crippen molar-refractivity contribution in [1.29, 1.82) is 0 Å². The van der Waals surface area contributed by atoms with Crippen LogP contribution in [0.1, 0.15) is 61.8 Å². The number of aliphatic carboxylic acids is 1. The fourth-order valence-electron chi connectivity index (χ4n) is 1.41. The van der Waals surface area contributed by atoms with Crippen LogP contribution in [-0.2, 0) is 14.3 Å². The fraction of sp³-hybridized carbons (Fsp3) is 0.857. The van der Waals surface area contributed by atoms with Crippen LogP contribution in [-0.4, -0.2) is 34.2 Å². The summed E-state index contributed by atoms with van der Waals surface area (Å²) in [6, 6.07) is -0.597. The van der Waals surface area contributed by atoms with Crippen molar-refractivity contribution in [3.63, 3.8) is 0 Å². The quantitative estimate of drug-likeness (QED) is 0.754. The van der Waals surface area contributed by atoms with E-state index >= 15 is 0 Å². The molecule has 0 aromatic heterocycles. The second-order valence-electron chi connectivity index (χ2n) is 6.41. The van der Waals surface area contributed by atoms with Crippen molar-refractivity contribution in [2.75, 3.05) is 0 Å². The summed E-state index contributed by atoms with van der Waals surface area (Å²) in [5, 5.41) is 11.8. The van der Waals surface area contributed by atoms with Crippen LogP contribution in [0.3, 0.4) is 0 Å². The lowest BCUT2D eigenvalue weighted by atomic mass is 10.0. The SMILES string of the molecule is C.CC(C)(C)NC(CCC(=O)O)C(=O)OC(C)(C)C. The molecule has 0 spiro atoms. The Kier molecular flexibility index (Phi) is 7.96. The Hall–Kier alpha value is -1.10. The molecule has 0 aliphatic heterocycles. The maximum absolute atomic E-state index is 12.0. The molecule has 0 aliphatic carbocycles. The molecule has 2 N–H and O–H groups in total. The molecule has 0 aromatic rings. The van der Waals surface area contributed by atoms with E-state index in [1.54, 1.807) is 20.8 Å². The molecule has 19 heavy (non-hydrogen) atoms. The van der Waals surface area contributed by atoms with Gasteiger partial charge in [0.15, 0.2) is 0 Å². The number of carbonyl (C=O) groups excluding carboxylic acids is 1. The van der Waals surface area contributed by atoms with E-state index in [1.807, 2.05) is 20.8 Å². The predicted molar refractivity (Wildman–Crippen MR) is 76.1 cm³/mol. The lowest BCUT2D eigenvalue weighted by Crippen LogP contribution is -2.49. The van der Waals surface area contributed by atoms with Gasteiger partial charge in [0.25, 0.3) is 0 Å². The summed E-state index contributed by atoms with van der Waals surface area (Å²) in [6.07, 6.45) is 0.161. The minimum absolute atomic E-state index is 0. The smallest absolute Gasteiger partial charge is 0.323 e. The van der Waals surface area contributed by atoms with E-state index in [-0.39, 0.29) is 25.8 Å². The first kappa shape index (κ1) is 20.2. The van der Waals surface area contributed by atoms with Crippen LogP contribution >= 0.6 is 0 Å². The van der Waals surface area contributed by atoms with Gasteiger partial charge in [-0.1, -0.05) is 7.43 Å². The topological polar surface area (TPSA) is 75.6 Å². The van der Waals surface area contributed by atoms with Crippen LogP contribution in [0.15, 0.2) is 0 Å². The van der Waals surface area contributed by atoms with Gasteiger partial charge in [-0.15, -0.1) is 0 Å². The van der Waals surface area contributed by atoms with Crippen molar-refractivity contribution in [3.8, 4) is 0 Å². The molecule has 0 bridgehead atoms. The number of carbonyl (C=O) groups is 2. The van der Waals surface area contributed by atoms with E-state index in [1.165, 1.54) is 0 Å². The van der Waals surface area contributed by atoms with Crippen LogP contribution in [0, 0.1) is 0 Å². The highest BCUT2D eigenvalue weighted by atomic mass is 16.6. The van der Waals surface area contributed by atoms with Gasteiger partial charge in [0.1, 0.15) is 11.6 Å². The van der Waals surface area contributed by atoms with Crippen LogP contribution in [0.25, 0.3) is 0 Å². The standard InChI is InChI=1S/C13H25NO4.CH4/c1-12(2,3)14-9(7-8-10(15)16)11(17)18-13(4,5)6;/h9,14H,7-8H2,1-6H3,(H,15,16);1H4. The van der Waals surface area contributed by atoms with E-state index in [4.69, 9.17) is 9.84 Å². The summed E-state index contributed by atoms with van der Waals surface area (Å²) in [7, 11) is 0. The first-order chi connectivity index (χ1) is 7.91. The molecule has 0 aliphatic rings. The van der Waals surface area contributed by atoms with Gasteiger partial charge in [-0.05, 0) is 48.0 Å². The van der Waals surface area contributed by atoms with Crippen LogP contribution < -0.4 is 5.32 Å². The highest BCUT2D eigenvalue weighted by Crippen LogP contribution is 2.13. The van der Waals surface area contributed by atoms with Gasteiger partial charge < -0.3 is 9.84 Å². The third-order valence-corrected chi connectivity index (χ3v) is 1.95. The molecule has 0 rings (SSSR count). The van der Waals surface area contributed by atoms with Gasteiger partial charge in [0, 0.05) is 12.0 Å². The van der Waals surface area contributed by atoms with Crippen molar-refractivity contribution in [2.45, 2.75) is 79.0 Å². The Balaban J connectivity index is 0. The second kappa shape index (κ2) is 7.48. The highest BCUT2D eigenvalue weighted by Gasteiger charge is 2.28. The average molecular weight is 275 g/mol. The van der Waals surface area contributed by atoms with Gasteiger partial charge in [-0.2, -0.15) is 0 Å². The van der Waals surface area contributed by atoms with Crippen molar-refractivity contribution < 1.29 is 19.4 Å². The Morgan fingerprint density at radius 1 is 1.16 bits per heavy atom. The largest absolute Gasteiger partial charge is 0.481 e. The lowest BCUT2D eigenvalue weighted by Gasteiger charge is -2.29. The molecule has 0 fully saturated rings.